The van der Waals surface area contributed by atoms with Crippen LogP contribution in [0.4, 0.5) is 5.82 Å². The van der Waals surface area contributed by atoms with E-state index in [2.05, 4.69) is 16.0 Å². The fourth-order valence-electron chi connectivity index (χ4n) is 0.904. The fourth-order valence-corrected chi connectivity index (χ4v) is 0.904. The first-order valence-corrected chi connectivity index (χ1v) is 3.31. The van der Waals surface area contributed by atoms with Crippen LogP contribution in [0.15, 0.2) is 36.7 Å². The van der Waals surface area contributed by atoms with Gasteiger partial charge in [0.15, 0.2) is 0 Å². The van der Waals surface area contributed by atoms with E-state index in [0.29, 0.717) is 0 Å². The van der Waals surface area contributed by atoms with Gasteiger partial charge in [-0.05, 0) is 18.2 Å². The van der Waals surface area contributed by atoms with E-state index in [0.717, 1.165) is 12.4 Å². The molecule has 1 aromatic heterocycles. The summed E-state index contributed by atoms with van der Waals surface area (Å²) in [5, 5.41) is 0. The molecule has 0 fully saturated rings. The number of anilines is 1. The third kappa shape index (κ3) is 0.778. The van der Waals surface area contributed by atoms with Crippen LogP contribution < -0.4 is 4.90 Å². The molecule has 0 N–H and O–H groups in total. The smallest absolute Gasteiger partial charge is 0.132 e. The van der Waals surface area contributed by atoms with Crippen LogP contribution in [0.2, 0.25) is 0 Å². The highest BCUT2D eigenvalue weighted by atomic mass is 15.2. The first-order chi connectivity index (χ1) is 4.97. The van der Waals surface area contributed by atoms with E-state index in [1.165, 1.54) is 0 Å². The van der Waals surface area contributed by atoms with E-state index >= 15 is 0 Å². The summed E-state index contributed by atoms with van der Waals surface area (Å²) in [6.07, 6.45) is 5.94. The van der Waals surface area contributed by atoms with E-state index in [4.69, 9.17) is 0 Å². The van der Waals surface area contributed by atoms with E-state index in [1.54, 1.807) is 0 Å². The van der Waals surface area contributed by atoms with Crippen LogP contribution >= 0.6 is 0 Å². The minimum absolute atomic E-state index is 0.997. The summed E-state index contributed by atoms with van der Waals surface area (Å²) in [6, 6.07) is 5.92. The molecule has 0 saturated carbocycles. The molecule has 0 aromatic carbocycles. The number of aromatic nitrogens is 1. The normalized spacial score (nSPS) is 15.0. The second-order valence-corrected chi connectivity index (χ2v) is 2.23. The minimum atomic E-state index is 0.997. The van der Waals surface area contributed by atoms with Gasteiger partial charge >= 0.3 is 0 Å². The fraction of sp³-hybridized carbons (Fsp3) is 0.125. The molecule has 50 valence electrons. The summed E-state index contributed by atoms with van der Waals surface area (Å²) in [7, 11) is 0. The lowest BCUT2D eigenvalue weighted by atomic mass is 10.3. The van der Waals surface area contributed by atoms with Crippen LogP contribution in [0.1, 0.15) is 0 Å². The molecule has 0 atom stereocenters. The Morgan fingerprint density at radius 2 is 2.30 bits per heavy atom. The predicted molar refractivity (Wildman–Crippen MR) is 40.7 cm³/mol. The van der Waals surface area contributed by atoms with Gasteiger partial charge in [0.05, 0.1) is 0 Å². The summed E-state index contributed by atoms with van der Waals surface area (Å²) in [4.78, 5) is 6.27. The highest BCUT2D eigenvalue weighted by Gasteiger charge is 2.06. The molecule has 0 saturated heterocycles. The third-order valence-corrected chi connectivity index (χ3v) is 1.53. The van der Waals surface area contributed by atoms with Crippen LogP contribution in [-0.4, -0.2) is 11.5 Å². The van der Waals surface area contributed by atoms with Crippen molar-refractivity contribution in [3.8, 4) is 0 Å². The van der Waals surface area contributed by atoms with Crippen molar-refractivity contribution in [2.45, 2.75) is 0 Å². The summed E-state index contributed by atoms with van der Waals surface area (Å²) < 4.78 is 0. The van der Waals surface area contributed by atoms with Gasteiger partial charge < -0.3 is 4.90 Å². The molecule has 2 nitrogen and oxygen atoms in total. The van der Waals surface area contributed by atoms with Gasteiger partial charge in [-0.3, -0.25) is 0 Å². The maximum Gasteiger partial charge on any atom is 0.132 e. The Morgan fingerprint density at radius 3 is 2.80 bits per heavy atom. The lowest BCUT2D eigenvalue weighted by molar-refractivity contribution is 0.972. The number of rotatable bonds is 1. The van der Waals surface area contributed by atoms with Crippen LogP contribution in [0, 0.1) is 0 Å². The van der Waals surface area contributed by atoms with Gasteiger partial charge in [0.1, 0.15) is 5.82 Å². The average molecular weight is 132 g/mol. The topological polar surface area (TPSA) is 16.1 Å². The van der Waals surface area contributed by atoms with Gasteiger partial charge in [-0.2, -0.15) is 0 Å². The molecule has 10 heavy (non-hydrogen) atoms. The second kappa shape index (κ2) is 2.14. The highest BCUT2D eigenvalue weighted by Crippen LogP contribution is 2.13. The van der Waals surface area contributed by atoms with Crippen molar-refractivity contribution in [1.82, 2.24) is 4.98 Å². The zero-order valence-electron chi connectivity index (χ0n) is 5.57. The third-order valence-electron chi connectivity index (χ3n) is 1.53. The Balaban J connectivity index is 2.26. The van der Waals surface area contributed by atoms with Crippen LogP contribution in [0.5, 0.6) is 0 Å². The lowest BCUT2D eigenvalue weighted by Crippen LogP contribution is -2.24. The number of hydrogen-bond donors (Lipinski definition) is 0. The molecule has 0 aliphatic carbocycles. The maximum absolute atomic E-state index is 4.18. The molecule has 0 amide bonds. The van der Waals surface area contributed by atoms with Gasteiger partial charge in [0.25, 0.3) is 0 Å². The Hall–Kier alpha value is -1.31. The second-order valence-electron chi connectivity index (χ2n) is 2.23. The number of hydrogen-bond acceptors (Lipinski definition) is 2. The Kier molecular flexibility index (Phi) is 1.17. The van der Waals surface area contributed by atoms with Gasteiger partial charge in [-0.25, -0.2) is 4.98 Å². The Bertz CT molecular complexity index is 241. The van der Waals surface area contributed by atoms with Crippen molar-refractivity contribution in [1.29, 1.82) is 0 Å². The van der Waals surface area contributed by atoms with Crippen LogP contribution in [-0.2, 0) is 0 Å². The average Bonchev–Trinajstić information content (AvgIpc) is 1.86. The van der Waals surface area contributed by atoms with Gasteiger partial charge in [-0.1, -0.05) is 6.07 Å². The first kappa shape index (κ1) is 5.47. The monoisotopic (exact) mass is 132 g/mol. The molecule has 1 aromatic rings. The van der Waals surface area contributed by atoms with E-state index < -0.39 is 0 Å². The summed E-state index contributed by atoms with van der Waals surface area (Å²) in [5.41, 5.74) is 0. The molecule has 2 rings (SSSR count). The zero-order valence-corrected chi connectivity index (χ0v) is 5.57. The van der Waals surface area contributed by atoms with Crippen LogP contribution in [0.25, 0.3) is 0 Å². The summed E-state index contributed by atoms with van der Waals surface area (Å²) >= 11 is 0. The molecule has 1 aliphatic heterocycles. The van der Waals surface area contributed by atoms with E-state index in [9.17, 15) is 0 Å². The molecule has 0 radical (unpaired) electrons. The quantitative estimate of drug-likeness (QED) is 0.574. The van der Waals surface area contributed by atoms with E-state index in [-0.39, 0.29) is 0 Å². The van der Waals surface area contributed by atoms with Gasteiger partial charge in [0.2, 0.25) is 0 Å². The Labute approximate surface area is 59.8 Å². The molecule has 0 spiro atoms. The molecule has 1 aliphatic rings. The molecule has 2 heteroatoms. The van der Waals surface area contributed by atoms with Crippen molar-refractivity contribution in [2.24, 2.45) is 0 Å². The lowest BCUT2D eigenvalue weighted by Gasteiger charge is -2.23. The number of nitrogens with zero attached hydrogens (tertiary/aromatic N) is 2. The maximum atomic E-state index is 4.18. The predicted octanol–water partition coefficient (Wildman–Crippen LogP) is 1.42. The molecule has 0 unspecified atom stereocenters. The van der Waals surface area contributed by atoms with Crippen molar-refractivity contribution < 1.29 is 0 Å². The van der Waals surface area contributed by atoms with E-state index in [1.807, 2.05) is 30.6 Å². The zero-order chi connectivity index (χ0) is 6.81. The van der Waals surface area contributed by atoms with Gasteiger partial charge in [0, 0.05) is 18.9 Å². The van der Waals surface area contributed by atoms with Crippen molar-refractivity contribution in [2.75, 3.05) is 11.4 Å². The number of pyridine rings is 1. The molecule has 2 heterocycles. The molecule has 0 bridgehead atoms. The molecular weight excluding hydrogens is 124 g/mol. The van der Waals surface area contributed by atoms with Crippen LogP contribution in [0.3, 0.4) is 0 Å². The van der Waals surface area contributed by atoms with Crippen molar-refractivity contribution in [3.05, 3.63) is 36.7 Å². The van der Waals surface area contributed by atoms with Crippen molar-refractivity contribution >= 4 is 5.82 Å². The summed E-state index contributed by atoms with van der Waals surface area (Å²) in [5.74, 6) is 1.03. The molecular formula is C8H8N2. The standard InChI is InChI=1S/C8H8N2/c1-2-5-9-8(4-1)10-6-3-7-10/h1-6H,7H2. The SMILES string of the molecule is C1=CN(c2ccccn2)C1. The first-order valence-electron chi connectivity index (χ1n) is 3.31. The van der Waals surface area contributed by atoms with Crippen molar-refractivity contribution in [3.63, 3.8) is 0 Å². The summed E-state index contributed by atoms with van der Waals surface area (Å²) in [6.45, 7) is 0.997. The Morgan fingerprint density at radius 1 is 1.40 bits per heavy atom. The van der Waals surface area contributed by atoms with Gasteiger partial charge in [-0.15, -0.1) is 0 Å². The highest BCUT2D eigenvalue weighted by molar-refractivity contribution is 5.46. The largest absolute Gasteiger partial charge is 0.329 e. The minimum Gasteiger partial charge on any atom is -0.329 e.